The van der Waals surface area contributed by atoms with Crippen molar-refractivity contribution in [1.29, 1.82) is 0 Å². The van der Waals surface area contributed by atoms with Crippen LogP contribution in [0.25, 0.3) is 0 Å². The number of carboxylic acid groups (broad SMARTS) is 1. The quantitative estimate of drug-likeness (QED) is 0.645. The van der Waals surface area contributed by atoms with Gasteiger partial charge >= 0.3 is 11.9 Å². The normalized spacial score (nSPS) is 13.6. The second-order valence-electron chi connectivity index (χ2n) is 2.87. The molecular formula is C9H6O5. The number of cyclic esters (lactones) is 1. The van der Waals surface area contributed by atoms with Crippen molar-refractivity contribution in [3.63, 3.8) is 0 Å². The molecule has 0 bridgehead atoms. The lowest BCUT2D eigenvalue weighted by atomic mass is 10.0. The molecule has 0 saturated carbocycles. The molecule has 0 spiro atoms. The van der Waals surface area contributed by atoms with Crippen LogP contribution in [0.3, 0.4) is 0 Å². The van der Waals surface area contributed by atoms with Crippen LogP contribution in [0.2, 0.25) is 0 Å². The summed E-state index contributed by atoms with van der Waals surface area (Å²) < 4.78 is 4.63. The van der Waals surface area contributed by atoms with E-state index in [1.807, 2.05) is 0 Å². The maximum atomic E-state index is 11.1. The van der Waals surface area contributed by atoms with Crippen molar-refractivity contribution in [1.82, 2.24) is 0 Å². The van der Waals surface area contributed by atoms with Crippen LogP contribution in [0.4, 0.5) is 0 Å². The predicted molar refractivity (Wildman–Crippen MR) is 44.2 cm³/mol. The summed E-state index contributed by atoms with van der Waals surface area (Å²) in [5.74, 6) is -2.02. The molecule has 5 nitrogen and oxygen atoms in total. The van der Waals surface area contributed by atoms with E-state index >= 15 is 0 Å². The minimum absolute atomic E-state index is 0.0440. The van der Waals surface area contributed by atoms with Crippen LogP contribution in [0.1, 0.15) is 26.3 Å². The number of carboxylic acids is 1. The number of hydrogen-bond acceptors (Lipinski definition) is 4. The SMILES string of the molecule is O=C(O)c1ccc(O)c2c1C(=O)OC2. The highest BCUT2D eigenvalue weighted by Gasteiger charge is 2.29. The maximum absolute atomic E-state index is 11.1. The highest BCUT2D eigenvalue weighted by atomic mass is 16.5. The fourth-order valence-electron chi connectivity index (χ4n) is 1.40. The van der Waals surface area contributed by atoms with E-state index < -0.39 is 11.9 Å². The molecule has 2 N–H and O–H groups in total. The minimum Gasteiger partial charge on any atom is -0.508 e. The fraction of sp³-hybridized carbons (Fsp3) is 0.111. The van der Waals surface area contributed by atoms with Gasteiger partial charge in [-0.25, -0.2) is 9.59 Å². The van der Waals surface area contributed by atoms with Crippen LogP contribution in [-0.4, -0.2) is 22.2 Å². The Kier molecular flexibility index (Phi) is 1.67. The molecule has 1 aromatic carbocycles. The van der Waals surface area contributed by atoms with E-state index in [-0.39, 0.29) is 29.0 Å². The fourth-order valence-corrected chi connectivity index (χ4v) is 1.40. The van der Waals surface area contributed by atoms with Gasteiger partial charge in [0.25, 0.3) is 0 Å². The lowest BCUT2D eigenvalue weighted by Crippen LogP contribution is -2.06. The Bertz CT molecular complexity index is 435. The number of hydrogen-bond donors (Lipinski definition) is 2. The van der Waals surface area contributed by atoms with E-state index in [2.05, 4.69) is 4.74 Å². The smallest absolute Gasteiger partial charge is 0.339 e. The van der Waals surface area contributed by atoms with E-state index in [0.717, 1.165) is 0 Å². The van der Waals surface area contributed by atoms with Gasteiger partial charge in [-0.1, -0.05) is 0 Å². The van der Waals surface area contributed by atoms with Gasteiger partial charge in [0.2, 0.25) is 0 Å². The van der Waals surface area contributed by atoms with Crippen molar-refractivity contribution < 1.29 is 24.5 Å². The molecule has 0 saturated heterocycles. The summed E-state index contributed by atoms with van der Waals surface area (Å²) in [6.07, 6.45) is 0. The Labute approximate surface area is 78.5 Å². The summed E-state index contributed by atoms with van der Waals surface area (Å²) in [7, 11) is 0. The van der Waals surface area contributed by atoms with Gasteiger partial charge < -0.3 is 14.9 Å². The number of aromatic hydroxyl groups is 1. The van der Waals surface area contributed by atoms with Gasteiger partial charge in [-0.2, -0.15) is 0 Å². The highest BCUT2D eigenvalue weighted by molar-refractivity contribution is 6.05. The van der Waals surface area contributed by atoms with Crippen LogP contribution in [-0.2, 0) is 11.3 Å². The number of carbonyl (C=O) groups excluding carboxylic acids is 1. The lowest BCUT2D eigenvalue weighted by Gasteiger charge is -2.01. The van der Waals surface area contributed by atoms with Gasteiger partial charge in [0, 0.05) is 5.56 Å². The third-order valence-electron chi connectivity index (χ3n) is 2.07. The van der Waals surface area contributed by atoms with Gasteiger partial charge in [-0.05, 0) is 12.1 Å². The van der Waals surface area contributed by atoms with Crippen LogP contribution in [0.5, 0.6) is 5.75 Å². The summed E-state index contributed by atoms with van der Waals surface area (Å²) in [5, 5.41) is 18.1. The number of aromatic carboxylic acids is 1. The Morgan fingerprint density at radius 1 is 1.43 bits per heavy atom. The summed E-state index contributed by atoms with van der Waals surface area (Å²) in [5.41, 5.74) is 0.0627. The van der Waals surface area contributed by atoms with Crippen LogP contribution in [0, 0.1) is 0 Å². The third-order valence-corrected chi connectivity index (χ3v) is 2.07. The van der Waals surface area contributed by atoms with Gasteiger partial charge in [0.1, 0.15) is 12.4 Å². The average Bonchev–Trinajstić information content (AvgIpc) is 2.50. The van der Waals surface area contributed by atoms with Crippen molar-refractivity contribution in [2.24, 2.45) is 0 Å². The number of phenolic OH excluding ortho intramolecular Hbond substituents is 1. The van der Waals surface area contributed by atoms with Crippen molar-refractivity contribution >= 4 is 11.9 Å². The first-order chi connectivity index (χ1) is 6.61. The molecule has 1 aromatic rings. The van der Waals surface area contributed by atoms with Crippen molar-refractivity contribution in [3.05, 3.63) is 28.8 Å². The molecule has 1 aliphatic heterocycles. The Balaban J connectivity index is 2.72. The zero-order chi connectivity index (χ0) is 10.3. The second-order valence-corrected chi connectivity index (χ2v) is 2.87. The number of carbonyl (C=O) groups is 2. The Morgan fingerprint density at radius 3 is 2.79 bits per heavy atom. The molecule has 0 unspecified atom stereocenters. The molecule has 1 heterocycles. The van der Waals surface area contributed by atoms with Gasteiger partial charge in [-0.3, -0.25) is 0 Å². The monoisotopic (exact) mass is 194 g/mol. The summed E-state index contributed by atoms with van der Waals surface area (Å²) >= 11 is 0. The maximum Gasteiger partial charge on any atom is 0.339 e. The first kappa shape index (κ1) is 8.55. The highest BCUT2D eigenvalue weighted by Crippen LogP contribution is 2.30. The summed E-state index contributed by atoms with van der Waals surface area (Å²) in [6.45, 7) is -0.0683. The minimum atomic E-state index is -1.21. The number of fused-ring (bicyclic) bond motifs is 1. The molecule has 14 heavy (non-hydrogen) atoms. The number of ether oxygens (including phenoxy) is 1. The van der Waals surface area contributed by atoms with Crippen LogP contribution >= 0.6 is 0 Å². The topological polar surface area (TPSA) is 83.8 Å². The number of esters is 1. The van der Waals surface area contributed by atoms with Crippen molar-refractivity contribution in [2.45, 2.75) is 6.61 Å². The second kappa shape index (κ2) is 2.73. The lowest BCUT2D eigenvalue weighted by molar-refractivity contribution is 0.0526. The van der Waals surface area contributed by atoms with Gasteiger partial charge in [-0.15, -0.1) is 0 Å². The molecule has 0 aromatic heterocycles. The first-order valence-corrected chi connectivity index (χ1v) is 3.86. The van der Waals surface area contributed by atoms with E-state index in [4.69, 9.17) is 5.11 Å². The number of rotatable bonds is 1. The van der Waals surface area contributed by atoms with Gasteiger partial charge in [0.05, 0.1) is 11.1 Å². The molecule has 0 radical (unpaired) electrons. The number of benzene rings is 1. The molecule has 72 valence electrons. The Morgan fingerprint density at radius 2 is 2.14 bits per heavy atom. The third kappa shape index (κ3) is 1.02. The zero-order valence-electron chi connectivity index (χ0n) is 6.98. The molecule has 0 aliphatic carbocycles. The summed E-state index contributed by atoms with van der Waals surface area (Å²) in [4.78, 5) is 21.9. The molecule has 0 atom stereocenters. The van der Waals surface area contributed by atoms with E-state index in [0.29, 0.717) is 0 Å². The van der Waals surface area contributed by atoms with Gasteiger partial charge in [0.15, 0.2) is 0 Å². The van der Waals surface area contributed by atoms with E-state index in [1.54, 1.807) is 0 Å². The summed E-state index contributed by atoms with van der Waals surface area (Å²) in [6, 6.07) is 2.42. The largest absolute Gasteiger partial charge is 0.508 e. The molecule has 1 aliphatic rings. The van der Waals surface area contributed by atoms with E-state index in [9.17, 15) is 14.7 Å². The standard InChI is InChI=1S/C9H6O5/c10-6-2-1-4(8(11)12)7-5(6)3-14-9(7)13/h1-2,10H,3H2,(H,11,12). The van der Waals surface area contributed by atoms with Crippen molar-refractivity contribution in [2.75, 3.05) is 0 Å². The first-order valence-electron chi connectivity index (χ1n) is 3.86. The van der Waals surface area contributed by atoms with Crippen molar-refractivity contribution in [3.8, 4) is 5.75 Å². The Hall–Kier alpha value is -2.04. The van der Waals surface area contributed by atoms with Crippen LogP contribution in [0.15, 0.2) is 12.1 Å². The molecule has 5 heteroatoms. The molecule has 2 rings (SSSR count). The molecule has 0 fully saturated rings. The average molecular weight is 194 g/mol. The molecule has 0 amide bonds. The predicted octanol–water partition coefficient (Wildman–Crippen LogP) is 0.761. The molecular weight excluding hydrogens is 188 g/mol. The van der Waals surface area contributed by atoms with Crippen LogP contribution < -0.4 is 0 Å². The van der Waals surface area contributed by atoms with E-state index in [1.165, 1.54) is 12.1 Å². The zero-order valence-corrected chi connectivity index (χ0v) is 6.98. The number of phenols is 1.